The third kappa shape index (κ3) is 2.99. The highest BCUT2D eigenvalue weighted by atomic mass is 16.1. The lowest BCUT2D eigenvalue weighted by Gasteiger charge is -1.91. The van der Waals surface area contributed by atoms with Gasteiger partial charge in [-0.1, -0.05) is 6.08 Å². The van der Waals surface area contributed by atoms with Gasteiger partial charge in [-0.25, -0.2) is 0 Å². The largest absolute Gasteiger partial charge is 0.303 e. The molecule has 1 rings (SSSR count). The Morgan fingerprint density at radius 3 is 2.69 bits per heavy atom. The molecule has 0 unspecified atom stereocenters. The van der Waals surface area contributed by atoms with Crippen molar-refractivity contribution >= 4 is 18.6 Å². The minimum Gasteiger partial charge on any atom is -0.303 e. The molecule has 0 aliphatic carbocycles. The lowest BCUT2D eigenvalue weighted by molar-refractivity contribution is -0.107. The molecule has 3 nitrogen and oxygen atoms in total. The number of aldehydes is 2. The molecule has 0 saturated carbocycles. The molecule has 0 saturated heterocycles. The quantitative estimate of drug-likeness (QED) is 0.651. The summed E-state index contributed by atoms with van der Waals surface area (Å²) in [6.45, 7) is 0. The molecule has 3 heteroatoms. The molecule has 0 amide bonds. The molecule has 66 valence electrons. The van der Waals surface area contributed by atoms with Crippen molar-refractivity contribution in [3.8, 4) is 0 Å². The predicted molar refractivity (Wildman–Crippen MR) is 49.3 cm³/mol. The van der Waals surface area contributed by atoms with Crippen molar-refractivity contribution in [1.82, 2.24) is 4.98 Å². The molecule has 1 aromatic rings. The third-order valence-electron chi connectivity index (χ3n) is 1.47. The number of carbonyl (C=O) groups excluding carboxylic acids is 2. The second-order valence-electron chi connectivity index (χ2n) is 2.44. The van der Waals surface area contributed by atoms with Crippen LogP contribution in [0.2, 0.25) is 0 Å². The molecular formula is C10H9NO2. The average molecular weight is 175 g/mol. The number of allylic oxidation sites excluding steroid dienone is 1. The number of carbonyl (C=O) groups is 2. The summed E-state index contributed by atoms with van der Waals surface area (Å²) in [6, 6.07) is 3.41. The van der Waals surface area contributed by atoms with Gasteiger partial charge in [-0.15, -0.1) is 0 Å². The van der Waals surface area contributed by atoms with Crippen LogP contribution in [0.5, 0.6) is 0 Å². The summed E-state index contributed by atoms with van der Waals surface area (Å²) >= 11 is 0. The molecule has 0 aliphatic rings. The van der Waals surface area contributed by atoms with Crippen molar-refractivity contribution in [3.63, 3.8) is 0 Å². The number of rotatable bonds is 4. The molecule has 0 spiro atoms. The van der Waals surface area contributed by atoms with Crippen LogP contribution < -0.4 is 0 Å². The third-order valence-corrected chi connectivity index (χ3v) is 1.47. The first-order chi connectivity index (χ1) is 6.36. The first-order valence-electron chi connectivity index (χ1n) is 3.88. The van der Waals surface area contributed by atoms with E-state index < -0.39 is 0 Å². The Kier molecular flexibility index (Phi) is 3.57. The Labute approximate surface area is 76.1 Å². The molecule has 0 radical (unpaired) electrons. The number of hydrogen-bond acceptors (Lipinski definition) is 3. The zero-order valence-corrected chi connectivity index (χ0v) is 7.01. The summed E-state index contributed by atoms with van der Waals surface area (Å²) in [6.07, 6.45) is 6.89. The summed E-state index contributed by atoms with van der Waals surface area (Å²) in [4.78, 5) is 24.2. The van der Waals surface area contributed by atoms with Gasteiger partial charge in [-0.2, -0.15) is 0 Å². The molecule has 13 heavy (non-hydrogen) atoms. The van der Waals surface area contributed by atoms with Gasteiger partial charge in [0.25, 0.3) is 0 Å². The lowest BCUT2D eigenvalue weighted by atomic mass is 10.2. The fourth-order valence-electron chi connectivity index (χ4n) is 0.829. The van der Waals surface area contributed by atoms with E-state index in [1.165, 1.54) is 6.20 Å². The van der Waals surface area contributed by atoms with Crippen molar-refractivity contribution < 1.29 is 9.59 Å². The Bertz CT molecular complexity index is 314. The smallest absolute Gasteiger partial charge is 0.151 e. The summed E-state index contributed by atoms with van der Waals surface area (Å²) in [5.41, 5.74) is 1.29. The molecule has 1 aromatic heterocycles. The van der Waals surface area contributed by atoms with Crippen LogP contribution in [0.15, 0.2) is 24.4 Å². The van der Waals surface area contributed by atoms with Crippen LogP contribution in [0.1, 0.15) is 22.5 Å². The van der Waals surface area contributed by atoms with E-state index >= 15 is 0 Å². The standard InChI is InChI=1S/C10H9NO2/c12-6-2-1-3-10-5-4-9(8-13)7-11-10/h1,3-8H,2H2. The zero-order chi connectivity index (χ0) is 9.52. The highest BCUT2D eigenvalue weighted by molar-refractivity contribution is 5.74. The van der Waals surface area contributed by atoms with E-state index in [1.54, 1.807) is 24.3 Å². The monoisotopic (exact) mass is 175 g/mol. The Morgan fingerprint density at radius 2 is 2.15 bits per heavy atom. The topological polar surface area (TPSA) is 47.0 Å². The fourth-order valence-corrected chi connectivity index (χ4v) is 0.829. The van der Waals surface area contributed by atoms with Crippen LogP contribution in [-0.4, -0.2) is 17.6 Å². The Balaban J connectivity index is 2.68. The predicted octanol–water partition coefficient (Wildman–Crippen LogP) is 1.50. The molecule has 0 fully saturated rings. The van der Waals surface area contributed by atoms with Crippen LogP contribution in [0.3, 0.4) is 0 Å². The van der Waals surface area contributed by atoms with Crippen molar-refractivity contribution in [2.24, 2.45) is 0 Å². The van der Waals surface area contributed by atoms with Crippen molar-refractivity contribution in [3.05, 3.63) is 35.7 Å². The van der Waals surface area contributed by atoms with E-state index in [9.17, 15) is 9.59 Å². The average Bonchev–Trinajstić information content (AvgIpc) is 2.19. The highest BCUT2D eigenvalue weighted by Crippen LogP contribution is 2.00. The highest BCUT2D eigenvalue weighted by Gasteiger charge is 1.89. The summed E-state index contributed by atoms with van der Waals surface area (Å²) in [5, 5.41) is 0. The van der Waals surface area contributed by atoms with Gasteiger partial charge in [0.05, 0.1) is 5.69 Å². The number of nitrogens with zero attached hydrogens (tertiary/aromatic N) is 1. The summed E-state index contributed by atoms with van der Waals surface area (Å²) < 4.78 is 0. The van der Waals surface area contributed by atoms with Crippen LogP contribution in [0.25, 0.3) is 6.08 Å². The number of hydrogen-bond donors (Lipinski definition) is 0. The van der Waals surface area contributed by atoms with Gasteiger partial charge in [0, 0.05) is 18.2 Å². The number of aromatic nitrogens is 1. The van der Waals surface area contributed by atoms with Crippen molar-refractivity contribution in [1.29, 1.82) is 0 Å². The van der Waals surface area contributed by atoms with E-state index in [4.69, 9.17) is 0 Å². The van der Waals surface area contributed by atoms with Gasteiger partial charge >= 0.3 is 0 Å². The second-order valence-corrected chi connectivity index (χ2v) is 2.44. The van der Waals surface area contributed by atoms with Crippen LogP contribution in [0, 0.1) is 0 Å². The maximum absolute atomic E-state index is 10.3. The summed E-state index contributed by atoms with van der Waals surface area (Å²) in [7, 11) is 0. The minimum atomic E-state index is 0.386. The molecule has 0 aromatic carbocycles. The fraction of sp³-hybridized carbons (Fsp3) is 0.100. The van der Waals surface area contributed by atoms with Crippen LogP contribution in [-0.2, 0) is 4.79 Å². The van der Waals surface area contributed by atoms with Crippen molar-refractivity contribution in [2.75, 3.05) is 0 Å². The first-order valence-corrected chi connectivity index (χ1v) is 3.88. The molecular weight excluding hydrogens is 166 g/mol. The second kappa shape index (κ2) is 4.98. The van der Waals surface area contributed by atoms with Gasteiger partial charge in [0.15, 0.2) is 6.29 Å². The first kappa shape index (κ1) is 9.32. The Hall–Kier alpha value is -1.77. The van der Waals surface area contributed by atoms with E-state index in [2.05, 4.69) is 4.98 Å². The van der Waals surface area contributed by atoms with Gasteiger partial charge in [0.2, 0.25) is 0 Å². The zero-order valence-electron chi connectivity index (χ0n) is 7.01. The van der Waals surface area contributed by atoms with Crippen LogP contribution >= 0.6 is 0 Å². The Morgan fingerprint density at radius 1 is 1.31 bits per heavy atom. The summed E-state index contributed by atoms with van der Waals surface area (Å²) in [5.74, 6) is 0. The van der Waals surface area contributed by atoms with E-state index in [0.29, 0.717) is 12.0 Å². The minimum absolute atomic E-state index is 0.386. The van der Waals surface area contributed by atoms with E-state index in [1.807, 2.05) is 0 Å². The number of pyridine rings is 1. The van der Waals surface area contributed by atoms with Crippen LogP contribution in [0.4, 0.5) is 0 Å². The maximum Gasteiger partial charge on any atom is 0.151 e. The normalized spacial score (nSPS) is 10.2. The van der Waals surface area contributed by atoms with Gasteiger partial charge in [-0.3, -0.25) is 9.78 Å². The molecule has 0 aliphatic heterocycles. The van der Waals surface area contributed by atoms with Gasteiger partial charge in [0.1, 0.15) is 6.29 Å². The van der Waals surface area contributed by atoms with E-state index in [-0.39, 0.29) is 0 Å². The van der Waals surface area contributed by atoms with E-state index in [0.717, 1.165) is 18.3 Å². The molecule has 1 heterocycles. The maximum atomic E-state index is 10.3. The van der Waals surface area contributed by atoms with Crippen molar-refractivity contribution in [2.45, 2.75) is 6.42 Å². The molecule has 0 bridgehead atoms. The molecule has 0 atom stereocenters. The molecule has 0 N–H and O–H groups in total. The van der Waals surface area contributed by atoms with Gasteiger partial charge in [-0.05, 0) is 18.2 Å². The lowest BCUT2D eigenvalue weighted by Crippen LogP contribution is -1.84. The van der Waals surface area contributed by atoms with Gasteiger partial charge < -0.3 is 4.79 Å². The SMILES string of the molecule is O=CCC=Cc1ccc(C=O)cn1.